The Kier molecular flexibility index (Phi) is 3.50. The van der Waals surface area contributed by atoms with Crippen molar-refractivity contribution in [1.82, 2.24) is 0 Å². The van der Waals surface area contributed by atoms with E-state index >= 15 is 0 Å². The minimum atomic E-state index is 0.234. The normalized spacial score (nSPS) is 8.92. The molecule has 4 nitrogen and oxygen atoms in total. The third kappa shape index (κ3) is 2.59. The summed E-state index contributed by atoms with van der Waals surface area (Å²) in [5.41, 5.74) is 1.40. The molecule has 0 aromatic heterocycles. The summed E-state index contributed by atoms with van der Waals surface area (Å²) < 4.78 is 0. The molecule has 0 bridgehead atoms. The molecule has 0 heterocycles. The van der Waals surface area contributed by atoms with Gasteiger partial charge in [0.15, 0.2) is 0 Å². The summed E-state index contributed by atoms with van der Waals surface area (Å²) in [6, 6.07) is 7.16. The molecule has 0 atom stereocenters. The monoisotopic (exact) mass is 178 g/mol. The zero-order valence-corrected chi connectivity index (χ0v) is 6.99. The van der Waals surface area contributed by atoms with Crippen LogP contribution in [0.5, 0.6) is 0 Å². The molecule has 0 spiro atoms. The average Bonchev–Trinajstić information content (AvgIpc) is 2.17. The van der Waals surface area contributed by atoms with Crippen molar-refractivity contribution in [1.29, 1.82) is 0 Å². The predicted molar refractivity (Wildman–Crippen MR) is 50.7 cm³/mol. The maximum absolute atomic E-state index is 10.2. The molecule has 0 radical (unpaired) electrons. The fourth-order valence-corrected chi connectivity index (χ4v) is 0.978. The third-order valence-electron chi connectivity index (χ3n) is 1.52. The second kappa shape index (κ2) is 4.92. The van der Waals surface area contributed by atoms with Crippen molar-refractivity contribution < 1.29 is 9.59 Å². The number of amides is 1. The van der Waals surface area contributed by atoms with Gasteiger partial charge in [0.2, 0.25) is 6.41 Å². The Bertz CT molecular complexity index is 299. The smallest absolute Gasteiger partial charge is 0.211 e. The maximum Gasteiger partial charge on any atom is 0.211 e. The first-order valence-electron chi connectivity index (χ1n) is 3.85. The van der Waals surface area contributed by atoms with E-state index in [4.69, 9.17) is 0 Å². The van der Waals surface area contributed by atoms with Crippen LogP contribution >= 0.6 is 0 Å². The number of anilines is 2. The van der Waals surface area contributed by atoms with Crippen molar-refractivity contribution >= 4 is 24.1 Å². The van der Waals surface area contributed by atoms with Crippen molar-refractivity contribution in [3.63, 3.8) is 0 Å². The highest BCUT2D eigenvalue weighted by Crippen LogP contribution is 2.19. The van der Waals surface area contributed by atoms with Crippen molar-refractivity contribution in [2.45, 2.75) is 0 Å². The van der Waals surface area contributed by atoms with Gasteiger partial charge in [-0.05, 0) is 12.1 Å². The molecule has 1 rings (SSSR count). The zero-order valence-electron chi connectivity index (χ0n) is 6.99. The highest BCUT2D eigenvalue weighted by Gasteiger charge is 1.97. The van der Waals surface area contributed by atoms with E-state index in [2.05, 4.69) is 10.6 Å². The number of para-hydroxylation sites is 2. The molecular weight excluding hydrogens is 168 g/mol. The highest BCUT2D eigenvalue weighted by molar-refractivity contribution is 5.81. The first-order valence-corrected chi connectivity index (χ1v) is 3.85. The molecule has 0 aliphatic rings. The largest absolute Gasteiger partial charge is 0.377 e. The van der Waals surface area contributed by atoms with E-state index in [-0.39, 0.29) is 6.54 Å². The number of hydrogen-bond acceptors (Lipinski definition) is 3. The van der Waals surface area contributed by atoms with Crippen LogP contribution in [0, 0.1) is 0 Å². The average molecular weight is 178 g/mol. The quantitative estimate of drug-likeness (QED) is 0.657. The first-order chi connectivity index (χ1) is 6.38. The van der Waals surface area contributed by atoms with Gasteiger partial charge in [0, 0.05) is 0 Å². The lowest BCUT2D eigenvalue weighted by Crippen LogP contribution is -2.05. The van der Waals surface area contributed by atoms with Gasteiger partial charge in [-0.25, -0.2) is 0 Å². The molecule has 0 aliphatic heterocycles. The van der Waals surface area contributed by atoms with Crippen LogP contribution in [-0.4, -0.2) is 19.2 Å². The lowest BCUT2D eigenvalue weighted by atomic mass is 10.2. The van der Waals surface area contributed by atoms with E-state index in [0.29, 0.717) is 12.1 Å². The second-order valence-electron chi connectivity index (χ2n) is 2.36. The Morgan fingerprint density at radius 1 is 1.15 bits per heavy atom. The summed E-state index contributed by atoms with van der Waals surface area (Å²) in [7, 11) is 0. The number of nitrogens with one attached hydrogen (secondary N) is 2. The van der Waals surface area contributed by atoms with Gasteiger partial charge in [0.05, 0.1) is 17.9 Å². The van der Waals surface area contributed by atoms with E-state index in [0.717, 1.165) is 12.0 Å². The van der Waals surface area contributed by atoms with Crippen LogP contribution in [0.3, 0.4) is 0 Å². The number of carbonyl (C=O) groups excluding carboxylic acids is 2. The number of aldehydes is 1. The molecule has 2 N–H and O–H groups in total. The molecule has 68 valence electrons. The maximum atomic E-state index is 10.2. The molecule has 1 amide bonds. The molecular formula is C9H10N2O2. The van der Waals surface area contributed by atoms with E-state index < -0.39 is 0 Å². The van der Waals surface area contributed by atoms with E-state index in [1.54, 1.807) is 18.2 Å². The molecule has 0 saturated carbocycles. The Balaban J connectivity index is 2.77. The van der Waals surface area contributed by atoms with Gasteiger partial charge in [-0.1, -0.05) is 12.1 Å². The summed E-state index contributed by atoms with van der Waals surface area (Å²) in [6.07, 6.45) is 1.36. The highest BCUT2D eigenvalue weighted by atomic mass is 16.1. The summed E-state index contributed by atoms with van der Waals surface area (Å²) in [4.78, 5) is 20.3. The molecule has 0 saturated heterocycles. The standard InChI is InChI=1S/C9H10N2O2/c12-6-5-10-8-3-1-2-4-9(8)11-7-13/h1-4,6-7,10H,5H2,(H,11,13). The second-order valence-corrected chi connectivity index (χ2v) is 2.36. The third-order valence-corrected chi connectivity index (χ3v) is 1.52. The minimum absolute atomic E-state index is 0.234. The van der Waals surface area contributed by atoms with Crippen molar-refractivity contribution in [2.75, 3.05) is 17.2 Å². The molecule has 0 fully saturated rings. The Hall–Kier alpha value is -1.84. The zero-order chi connectivity index (χ0) is 9.52. The van der Waals surface area contributed by atoms with Crippen molar-refractivity contribution in [3.05, 3.63) is 24.3 Å². The molecule has 1 aromatic carbocycles. The van der Waals surface area contributed by atoms with E-state index in [1.165, 1.54) is 0 Å². The Morgan fingerprint density at radius 3 is 2.46 bits per heavy atom. The van der Waals surface area contributed by atoms with Crippen LogP contribution in [0.15, 0.2) is 24.3 Å². The number of benzene rings is 1. The van der Waals surface area contributed by atoms with Gasteiger partial charge in [0.1, 0.15) is 6.29 Å². The van der Waals surface area contributed by atoms with Crippen LogP contribution in [0.4, 0.5) is 11.4 Å². The van der Waals surface area contributed by atoms with Crippen LogP contribution in [0.25, 0.3) is 0 Å². The van der Waals surface area contributed by atoms with Crippen molar-refractivity contribution in [2.24, 2.45) is 0 Å². The molecule has 4 heteroatoms. The Labute approximate surface area is 75.9 Å². The van der Waals surface area contributed by atoms with Gasteiger partial charge in [-0.2, -0.15) is 0 Å². The fraction of sp³-hybridized carbons (Fsp3) is 0.111. The van der Waals surface area contributed by atoms with Crippen LogP contribution in [0.1, 0.15) is 0 Å². The van der Waals surface area contributed by atoms with E-state index in [9.17, 15) is 9.59 Å². The lowest BCUT2D eigenvalue weighted by molar-refractivity contribution is -0.106. The summed E-state index contributed by atoms with van der Waals surface area (Å²) in [6.45, 7) is 0.234. The summed E-state index contributed by atoms with van der Waals surface area (Å²) in [5.74, 6) is 0. The number of hydrogen-bond donors (Lipinski definition) is 2. The fourth-order valence-electron chi connectivity index (χ4n) is 0.978. The summed E-state index contributed by atoms with van der Waals surface area (Å²) >= 11 is 0. The first kappa shape index (κ1) is 9.25. The van der Waals surface area contributed by atoms with Gasteiger partial charge >= 0.3 is 0 Å². The SMILES string of the molecule is O=CCNc1ccccc1NC=O. The van der Waals surface area contributed by atoms with E-state index in [1.807, 2.05) is 6.07 Å². The topological polar surface area (TPSA) is 58.2 Å². The molecule has 13 heavy (non-hydrogen) atoms. The molecule has 0 aliphatic carbocycles. The van der Waals surface area contributed by atoms with Gasteiger partial charge in [0.25, 0.3) is 0 Å². The summed E-state index contributed by atoms with van der Waals surface area (Å²) in [5, 5.41) is 5.38. The van der Waals surface area contributed by atoms with Gasteiger partial charge in [-0.15, -0.1) is 0 Å². The number of carbonyl (C=O) groups is 2. The lowest BCUT2D eigenvalue weighted by Gasteiger charge is -2.07. The van der Waals surface area contributed by atoms with Crippen LogP contribution in [-0.2, 0) is 9.59 Å². The minimum Gasteiger partial charge on any atom is -0.377 e. The van der Waals surface area contributed by atoms with Gasteiger partial charge < -0.3 is 15.4 Å². The van der Waals surface area contributed by atoms with Gasteiger partial charge in [-0.3, -0.25) is 4.79 Å². The van der Waals surface area contributed by atoms with Crippen LogP contribution in [0.2, 0.25) is 0 Å². The Morgan fingerprint density at radius 2 is 1.85 bits per heavy atom. The van der Waals surface area contributed by atoms with Crippen LogP contribution < -0.4 is 10.6 Å². The number of rotatable bonds is 5. The van der Waals surface area contributed by atoms with Crippen molar-refractivity contribution in [3.8, 4) is 0 Å². The molecule has 1 aromatic rings. The predicted octanol–water partition coefficient (Wildman–Crippen LogP) is 0.866. The molecule has 0 unspecified atom stereocenters.